The standard InChI is InChI=1S/C12H16N2O/c1-11(10-15)14(8-7-13)9-12-5-3-2-4-6-12/h2-6,11,15H,8-10H2,1H3/t11-/m0/s1. The Morgan fingerprint density at radius 3 is 2.60 bits per heavy atom. The second-order valence-corrected chi connectivity index (χ2v) is 3.58. The second kappa shape index (κ2) is 6.18. The van der Waals surface area contributed by atoms with E-state index < -0.39 is 0 Å². The lowest BCUT2D eigenvalue weighted by atomic mass is 10.2. The van der Waals surface area contributed by atoms with Crippen molar-refractivity contribution in [3.05, 3.63) is 35.9 Å². The summed E-state index contributed by atoms with van der Waals surface area (Å²) >= 11 is 0. The third-order valence-corrected chi connectivity index (χ3v) is 2.39. The summed E-state index contributed by atoms with van der Waals surface area (Å²) in [5.41, 5.74) is 1.16. The highest BCUT2D eigenvalue weighted by Gasteiger charge is 2.12. The molecule has 0 saturated carbocycles. The maximum Gasteiger partial charge on any atom is 0.0871 e. The van der Waals surface area contributed by atoms with Crippen molar-refractivity contribution in [1.29, 1.82) is 5.26 Å². The lowest BCUT2D eigenvalue weighted by molar-refractivity contribution is 0.141. The van der Waals surface area contributed by atoms with E-state index in [4.69, 9.17) is 10.4 Å². The minimum absolute atomic E-state index is 0.0184. The van der Waals surface area contributed by atoms with E-state index >= 15 is 0 Å². The molecule has 0 unspecified atom stereocenters. The number of rotatable bonds is 5. The van der Waals surface area contributed by atoms with Crippen LogP contribution in [0.25, 0.3) is 0 Å². The van der Waals surface area contributed by atoms with E-state index in [0.717, 1.165) is 5.56 Å². The third kappa shape index (κ3) is 3.70. The topological polar surface area (TPSA) is 47.3 Å². The van der Waals surface area contributed by atoms with Crippen LogP contribution in [0.3, 0.4) is 0 Å². The number of benzene rings is 1. The predicted molar refractivity (Wildman–Crippen MR) is 59.0 cm³/mol. The zero-order valence-corrected chi connectivity index (χ0v) is 8.93. The first-order chi connectivity index (χ1) is 7.27. The largest absolute Gasteiger partial charge is 0.395 e. The number of hydrogen-bond donors (Lipinski definition) is 1. The first-order valence-corrected chi connectivity index (χ1v) is 5.03. The molecule has 3 nitrogen and oxygen atoms in total. The molecule has 0 fully saturated rings. The SMILES string of the molecule is C[C@@H](CO)N(CC#N)Cc1ccccc1. The molecule has 1 rings (SSSR count). The molecule has 0 saturated heterocycles. The molecular weight excluding hydrogens is 188 g/mol. The van der Waals surface area contributed by atoms with Crippen LogP contribution in [-0.4, -0.2) is 29.2 Å². The Balaban J connectivity index is 2.63. The van der Waals surface area contributed by atoms with Crippen molar-refractivity contribution in [2.24, 2.45) is 0 Å². The van der Waals surface area contributed by atoms with Gasteiger partial charge in [-0.1, -0.05) is 30.3 Å². The Morgan fingerprint density at radius 1 is 1.40 bits per heavy atom. The van der Waals surface area contributed by atoms with Gasteiger partial charge in [-0.3, -0.25) is 4.90 Å². The van der Waals surface area contributed by atoms with Crippen LogP contribution in [0.2, 0.25) is 0 Å². The van der Waals surface area contributed by atoms with Gasteiger partial charge >= 0.3 is 0 Å². The minimum Gasteiger partial charge on any atom is -0.395 e. The molecule has 0 spiro atoms. The van der Waals surface area contributed by atoms with Gasteiger partial charge in [0, 0.05) is 12.6 Å². The quantitative estimate of drug-likeness (QED) is 0.737. The van der Waals surface area contributed by atoms with Crippen molar-refractivity contribution in [3.8, 4) is 6.07 Å². The van der Waals surface area contributed by atoms with Crippen molar-refractivity contribution in [2.45, 2.75) is 19.5 Å². The highest BCUT2D eigenvalue weighted by Crippen LogP contribution is 2.07. The van der Waals surface area contributed by atoms with Gasteiger partial charge in [0.15, 0.2) is 0 Å². The summed E-state index contributed by atoms with van der Waals surface area (Å²) in [7, 11) is 0. The van der Waals surface area contributed by atoms with Crippen molar-refractivity contribution in [2.75, 3.05) is 13.2 Å². The number of aliphatic hydroxyl groups excluding tert-OH is 1. The van der Waals surface area contributed by atoms with Crippen molar-refractivity contribution < 1.29 is 5.11 Å². The smallest absolute Gasteiger partial charge is 0.0871 e. The number of nitrogens with zero attached hydrogens (tertiary/aromatic N) is 2. The van der Waals surface area contributed by atoms with Gasteiger partial charge in [-0.05, 0) is 12.5 Å². The lowest BCUT2D eigenvalue weighted by Crippen LogP contribution is -2.35. The molecule has 0 aliphatic rings. The second-order valence-electron chi connectivity index (χ2n) is 3.58. The van der Waals surface area contributed by atoms with Crippen LogP contribution in [0.4, 0.5) is 0 Å². The van der Waals surface area contributed by atoms with Crippen molar-refractivity contribution in [3.63, 3.8) is 0 Å². The van der Waals surface area contributed by atoms with Gasteiger partial charge < -0.3 is 5.11 Å². The first-order valence-electron chi connectivity index (χ1n) is 5.03. The van der Waals surface area contributed by atoms with Gasteiger partial charge in [0.1, 0.15) is 0 Å². The summed E-state index contributed by atoms with van der Waals surface area (Å²) in [6, 6.07) is 12.1. The Bertz CT molecular complexity index is 318. The molecule has 1 aromatic rings. The van der Waals surface area contributed by atoms with E-state index in [1.807, 2.05) is 42.2 Å². The monoisotopic (exact) mass is 204 g/mol. The lowest BCUT2D eigenvalue weighted by Gasteiger charge is -2.24. The van der Waals surface area contributed by atoms with E-state index in [1.165, 1.54) is 0 Å². The molecule has 0 amide bonds. The van der Waals surface area contributed by atoms with Gasteiger partial charge in [0.05, 0.1) is 19.2 Å². The van der Waals surface area contributed by atoms with Gasteiger partial charge in [0.2, 0.25) is 0 Å². The van der Waals surface area contributed by atoms with Gasteiger partial charge in [-0.25, -0.2) is 0 Å². The normalized spacial score (nSPS) is 12.4. The fourth-order valence-electron chi connectivity index (χ4n) is 1.39. The van der Waals surface area contributed by atoms with Gasteiger partial charge in [-0.2, -0.15) is 5.26 Å². The van der Waals surface area contributed by atoms with Crippen molar-refractivity contribution >= 4 is 0 Å². The molecule has 3 heteroatoms. The fourth-order valence-corrected chi connectivity index (χ4v) is 1.39. The molecule has 1 N–H and O–H groups in total. The van der Waals surface area contributed by atoms with Gasteiger partial charge in [-0.15, -0.1) is 0 Å². The zero-order chi connectivity index (χ0) is 11.1. The molecule has 1 aromatic carbocycles. The van der Waals surface area contributed by atoms with Crippen LogP contribution in [0.15, 0.2) is 30.3 Å². The molecule has 0 aromatic heterocycles. The fraction of sp³-hybridized carbons (Fsp3) is 0.417. The number of aliphatic hydroxyl groups is 1. The minimum atomic E-state index is 0.0184. The Hall–Kier alpha value is -1.37. The Kier molecular flexibility index (Phi) is 4.82. The van der Waals surface area contributed by atoms with E-state index in [0.29, 0.717) is 13.1 Å². The molecule has 15 heavy (non-hydrogen) atoms. The van der Waals surface area contributed by atoms with Crippen LogP contribution in [0.1, 0.15) is 12.5 Å². The summed E-state index contributed by atoms with van der Waals surface area (Å²) in [4.78, 5) is 1.95. The predicted octanol–water partition coefficient (Wildman–Crippen LogP) is 1.39. The summed E-state index contributed by atoms with van der Waals surface area (Å²) in [5, 5.41) is 17.7. The number of hydrogen-bond acceptors (Lipinski definition) is 3. The van der Waals surface area contributed by atoms with E-state index in [9.17, 15) is 0 Å². The van der Waals surface area contributed by atoms with Crippen LogP contribution in [-0.2, 0) is 6.54 Å². The Labute approximate surface area is 90.6 Å². The average molecular weight is 204 g/mol. The highest BCUT2D eigenvalue weighted by atomic mass is 16.3. The van der Waals surface area contributed by atoms with E-state index in [1.54, 1.807) is 0 Å². The van der Waals surface area contributed by atoms with Crippen LogP contribution < -0.4 is 0 Å². The average Bonchev–Trinajstić information content (AvgIpc) is 2.29. The number of nitriles is 1. The van der Waals surface area contributed by atoms with Crippen LogP contribution in [0, 0.1) is 11.3 Å². The Morgan fingerprint density at radius 2 is 2.07 bits per heavy atom. The van der Waals surface area contributed by atoms with Gasteiger partial charge in [0.25, 0.3) is 0 Å². The molecular formula is C12H16N2O. The maximum atomic E-state index is 9.06. The molecule has 0 heterocycles. The molecule has 0 aliphatic carbocycles. The molecule has 80 valence electrons. The summed E-state index contributed by atoms with van der Waals surface area (Å²) < 4.78 is 0. The maximum absolute atomic E-state index is 9.06. The molecule has 0 radical (unpaired) electrons. The van der Waals surface area contributed by atoms with E-state index in [-0.39, 0.29) is 12.6 Å². The molecule has 0 aliphatic heterocycles. The summed E-state index contributed by atoms with van der Waals surface area (Å²) in [6.45, 7) is 3.04. The van der Waals surface area contributed by atoms with Crippen molar-refractivity contribution in [1.82, 2.24) is 4.90 Å². The van der Waals surface area contributed by atoms with Crippen LogP contribution >= 0.6 is 0 Å². The highest BCUT2D eigenvalue weighted by molar-refractivity contribution is 5.14. The molecule has 1 atom stereocenters. The third-order valence-electron chi connectivity index (χ3n) is 2.39. The summed E-state index contributed by atoms with van der Waals surface area (Å²) in [5.74, 6) is 0. The van der Waals surface area contributed by atoms with Crippen LogP contribution in [0.5, 0.6) is 0 Å². The van der Waals surface area contributed by atoms with E-state index in [2.05, 4.69) is 6.07 Å². The molecule has 0 bridgehead atoms. The zero-order valence-electron chi connectivity index (χ0n) is 8.93. The summed E-state index contributed by atoms with van der Waals surface area (Å²) in [6.07, 6.45) is 0. The first kappa shape index (κ1) is 11.7.